The summed E-state index contributed by atoms with van der Waals surface area (Å²) in [5, 5.41) is 9.24. The molecule has 6 heteroatoms. The predicted octanol–water partition coefficient (Wildman–Crippen LogP) is 3.25. The average Bonchev–Trinajstić information content (AvgIpc) is 2.97. The van der Waals surface area contributed by atoms with Crippen LogP contribution in [0, 0.1) is 0 Å². The zero-order valence-electron chi connectivity index (χ0n) is 11.3. The molecule has 0 saturated heterocycles. The van der Waals surface area contributed by atoms with E-state index in [1.165, 1.54) is 11.8 Å². The van der Waals surface area contributed by atoms with Gasteiger partial charge in [0.25, 0.3) is 0 Å². The van der Waals surface area contributed by atoms with Crippen molar-refractivity contribution in [2.24, 2.45) is 0 Å². The predicted molar refractivity (Wildman–Crippen MR) is 80.6 cm³/mol. The molecule has 0 bridgehead atoms. The van der Waals surface area contributed by atoms with Gasteiger partial charge in [-0.1, -0.05) is 24.2 Å². The van der Waals surface area contributed by atoms with Gasteiger partial charge in [-0.05, 0) is 23.4 Å². The first-order valence-electron chi connectivity index (χ1n) is 6.38. The largest absolute Gasteiger partial charge is 0.364 e. The van der Waals surface area contributed by atoms with Crippen molar-refractivity contribution < 1.29 is 9.32 Å². The van der Waals surface area contributed by atoms with Gasteiger partial charge in [-0.2, -0.15) is 11.8 Å². The van der Waals surface area contributed by atoms with Crippen molar-refractivity contribution in [1.82, 2.24) is 10.5 Å². The Morgan fingerprint density at radius 3 is 3.05 bits per heavy atom. The molecular formula is C14H17N3O2S. The van der Waals surface area contributed by atoms with Crippen molar-refractivity contribution in [3.8, 4) is 0 Å². The molecule has 5 nitrogen and oxygen atoms in total. The van der Waals surface area contributed by atoms with E-state index in [9.17, 15) is 4.79 Å². The number of aromatic nitrogens is 1. The summed E-state index contributed by atoms with van der Waals surface area (Å²) < 4.78 is 4.69. The molecule has 0 aliphatic rings. The van der Waals surface area contributed by atoms with Crippen LogP contribution >= 0.6 is 11.8 Å². The van der Waals surface area contributed by atoms with Crippen molar-refractivity contribution >= 4 is 23.5 Å². The van der Waals surface area contributed by atoms with E-state index in [4.69, 9.17) is 4.52 Å². The fourth-order valence-electron chi connectivity index (χ4n) is 1.63. The summed E-state index contributed by atoms with van der Waals surface area (Å²) in [6.07, 6.45) is 1.48. The lowest BCUT2D eigenvalue weighted by molar-refractivity contribution is 0.251. The Morgan fingerprint density at radius 2 is 2.30 bits per heavy atom. The molecule has 1 aromatic heterocycles. The second kappa shape index (κ2) is 7.59. The van der Waals surface area contributed by atoms with Gasteiger partial charge in [-0.15, -0.1) is 0 Å². The Balaban J connectivity index is 1.84. The first-order chi connectivity index (χ1) is 9.78. The van der Waals surface area contributed by atoms with Gasteiger partial charge in [0.15, 0.2) is 0 Å². The van der Waals surface area contributed by atoms with E-state index in [0.717, 1.165) is 17.2 Å². The van der Waals surface area contributed by atoms with Crippen LogP contribution in [-0.4, -0.2) is 16.9 Å². The molecule has 0 radical (unpaired) electrons. The van der Waals surface area contributed by atoms with Gasteiger partial charge in [0.2, 0.25) is 0 Å². The molecule has 2 rings (SSSR count). The highest BCUT2D eigenvalue weighted by Crippen LogP contribution is 2.16. The Morgan fingerprint density at radius 1 is 1.40 bits per heavy atom. The highest BCUT2D eigenvalue weighted by atomic mass is 32.2. The molecule has 0 aliphatic heterocycles. The van der Waals surface area contributed by atoms with Crippen LogP contribution in [0.5, 0.6) is 0 Å². The number of hydrogen-bond donors (Lipinski definition) is 2. The van der Waals surface area contributed by atoms with E-state index < -0.39 is 0 Å². The molecule has 0 fully saturated rings. The van der Waals surface area contributed by atoms with Crippen LogP contribution < -0.4 is 10.6 Å². The Bertz CT molecular complexity index is 543. The SMILES string of the molecule is CCSCc1cccc(NC(=O)NCc2ccon2)c1. The van der Waals surface area contributed by atoms with Crippen LogP contribution in [0.4, 0.5) is 10.5 Å². The molecule has 2 aromatic rings. The average molecular weight is 291 g/mol. The number of amides is 2. The van der Waals surface area contributed by atoms with Crippen molar-refractivity contribution in [3.05, 3.63) is 47.9 Å². The number of urea groups is 1. The van der Waals surface area contributed by atoms with Gasteiger partial charge >= 0.3 is 6.03 Å². The number of rotatable bonds is 6. The lowest BCUT2D eigenvalue weighted by atomic mass is 10.2. The molecule has 106 valence electrons. The van der Waals surface area contributed by atoms with Crippen molar-refractivity contribution in [2.75, 3.05) is 11.1 Å². The van der Waals surface area contributed by atoms with Crippen LogP contribution in [-0.2, 0) is 12.3 Å². The molecule has 0 atom stereocenters. The monoisotopic (exact) mass is 291 g/mol. The second-order valence-electron chi connectivity index (χ2n) is 4.14. The smallest absolute Gasteiger partial charge is 0.319 e. The normalized spacial score (nSPS) is 10.2. The topological polar surface area (TPSA) is 67.2 Å². The molecule has 20 heavy (non-hydrogen) atoms. The molecule has 0 spiro atoms. The minimum atomic E-state index is -0.256. The number of anilines is 1. The van der Waals surface area contributed by atoms with E-state index in [0.29, 0.717) is 12.2 Å². The third kappa shape index (κ3) is 4.62. The fraction of sp³-hybridized carbons (Fsp3) is 0.286. The first kappa shape index (κ1) is 14.5. The molecule has 0 aliphatic carbocycles. The lowest BCUT2D eigenvalue weighted by Crippen LogP contribution is -2.28. The number of hydrogen-bond acceptors (Lipinski definition) is 4. The first-order valence-corrected chi connectivity index (χ1v) is 7.54. The van der Waals surface area contributed by atoms with Gasteiger partial charge in [0, 0.05) is 17.5 Å². The molecule has 2 N–H and O–H groups in total. The third-order valence-electron chi connectivity index (χ3n) is 2.58. The minimum absolute atomic E-state index is 0.256. The quantitative estimate of drug-likeness (QED) is 0.857. The molecule has 0 saturated carbocycles. The van der Waals surface area contributed by atoms with Crippen molar-refractivity contribution in [3.63, 3.8) is 0 Å². The van der Waals surface area contributed by atoms with Crippen LogP contribution in [0.3, 0.4) is 0 Å². The van der Waals surface area contributed by atoms with E-state index in [-0.39, 0.29) is 6.03 Å². The summed E-state index contributed by atoms with van der Waals surface area (Å²) in [6, 6.07) is 9.31. The lowest BCUT2D eigenvalue weighted by Gasteiger charge is -2.08. The van der Waals surface area contributed by atoms with Crippen LogP contribution in [0.1, 0.15) is 18.2 Å². The van der Waals surface area contributed by atoms with Gasteiger partial charge in [0.05, 0.1) is 6.54 Å². The van der Waals surface area contributed by atoms with Gasteiger partial charge in [-0.25, -0.2) is 4.79 Å². The highest BCUT2D eigenvalue weighted by molar-refractivity contribution is 7.98. The van der Waals surface area contributed by atoms with Crippen LogP contribution in [0.25, 0.3) is 0 Å². The standard InChI is InChI=1S/C14H17N3O2S/c1-2-20-10-11-4-3-5-12(8-11)16-14(18)15-9-13-6-7-19-17-13/h3-8H,2,9-10H2,1H3,(H2,15,16,18). The summed E-state index contributed by atoms with van der Waals surface area (Å²) in [4.78, 5) is 11.7. The number of carbonyl (C=O) groups excluding carboxylic acids is 1. The number of thioether (sulfide) groups is 1. The Hall–Kier alpha value is -1.95. The van der Waals surface area contributed by atoms with Gasteiger partial charge in [0.1, 0.15) is 12.0 Å². The number of nitrogens with zero attached hydrogens (tertiary/aromatic N) is 1. The summed E-state index contributed by atoms with van der Waals surface area (Å²) in [5.41, 5.74) is 2.68. The second-order valence-corrected chi connectivity index (χ2v) is 5.41. The maximum Gasteiger partial charge on any atom is 0.319 e. The van der Waals surface area contributed by atoms with Gasteiger partial charge < -0.3 is 15.2 Å². The fourth-order valence-corrected chi connectivity index (χ4v) is 2.25. The maximum atomic E-state index is 11.7. The van der Waals surface area contributed by atoms with Crippen LogP contribution in [0.15, 0.2) is 41.1 Å². The van der Waals surface area contributed by atoms with E-state index in [1.807, 2.05) is 30.0 Å². The zero-order chi connectivity index (χ0) is 14.2. The number of benzene rings is 1. The Labute approximate surface area is 122 Å². The minimum Gasteiger partial charge on any atom is -0.364 e. The number of nitrogens with one attached hydrogen (secondary N) is 2. The van der Waals surface area contributed by atoms with E-state index >= 15 is 0 Å². The third-order valence-corrected chi connectivity index (χ3v) is 3.52. The maximum absolute atomic E-state index is 11.7. The summed E-state index contributed by atoms with van der Waals surface area (Å²) >= 11 is 1.85. The highest BCUT2D eigenvalue weighted by Gasteiger charge is 2.03. The van der Waals surface area contributed by atoms with Gasteiger partial charge in [-0.3, -0.25) is 0 Å². The van der Waals surface area contributed by atoms with E-state index in [1.54, 1.807) is 6.07 Å². The van der Waals surface area contributed by atoms with E-state index in [2.05, 4.69) is 28.8 Å². The summed E-state index contributed by atoms with van der Waals surface area (Å²) in [6.45, 7) is 2.47. The number of carbonyl (C=O) groups is 1. The van der Waals surface area contributed by atoms with Crippen molar-refractivity contribution in [1.29, 1.82) is 0 Å². The van der Waals surface area contributed by atoms with Crippen LogP contribution in [0.2, 0.25) is 0 Å². The molecule has 1 heterocycles. The molecule has 2 amide bonds. The summed E-state index contributed by atoms with van der Waals surface area (Å²) in [7, 11) is 0. The Kier molecular flexibility index (Phi) is 5.49. The molecular weight excluding hydrogens is 274 g/mol. The molecule has 0 unspecified atom stereocenters. The van der Waals surface area contributed by atoms with Crippen molar-refractivity contribution in [2.45, 2.75) is 19.2 Å². The zero-order valence-corrected chi connectivity index (χ0v) is 12.1. The molecule has 1 aromatic carbocycles. The summed E-state index contributed by atoms with van der Waals surface area (Å²) in [5.74, 6) is 2.03.